The highest BCUT2D eigenvalue weighted by Gasteiger charge is 2.28. The van der Waals surface area contributed by atoms with Crippen molar-refractivity contribution < 1.29 is 14.6 Å². The van der Waals surface area contributed by atoms with Gasteiger partial charge in [-0.2, -0.15) is 0 Å². The summed E-state index contributed by atoms with van der Waals surface area (Å²) < 4.78 is 15.8. The number of halogens is 1. The molecule has 2 atom stereocenters. The van der Waals surface area contributed by atoms with Gasteiger partial charge in [0.25, 0.3) is 0 Å². The molecule has 8 heteroatoms. The fourth-order valence-corrected chi connectivity index (χ4v) is 3.53. The van der Waals surface area contributed by atoms with Crippen LogP contribution >= 0.6 is 0 Å². The number of rotatable bonds is 5. The van der Waals surface area contributed by atoms with E-state index in [1.165, 1.54) is 12.4 Å². The normalized spacial score (nSPS) is 18.6. The van der Waals surface area contributed by atoms with E-state index in [1.54, 1.807) is 17.0 Å². The molecule has 4 rings (SSSR count). The van der Waals surface area contributed by atoms with Crippen molar-refractivity contribution in [3.8, 4) is 0 Å². The molecule has 0 saturated carbocycles. The third-order valence-electron chi connectivity index (χ3n) is 4.83. The fourth-order valence-electron chi connectivity index (χ4n) is 3.53. The minimum Gasteiger partial charge on any atom is -0.394 e. The Balaban J connectivity index is 1.61. The van der Waals surface area contributed by atoms with E-state index < -0.39 is 6.10 Å². The molecule has 7 nitrogen and oxygen atoms in total. The van der Waals surface area contributed by atoms with E-state index in [0.29, 0.717) is 23.5 Å². The van der Waals surface area contributed by atoms with Crippen molar-refractivity contribution in [3.05, 3.63) is 48.3 Å². The van der Waals surface area contributed by atoms with Crippen LogP contribution in [0.5, 0.6) is 0 Å². The predicted molar refractivity (Wildman–Crippen MR) is 94.4 cm³/mol. The van der Waals surface area contributed by atoms with Gasteiger partial charge in [0.15, 0.2) is 17.0 Å². The lowest BCUT2D eigenvalue weighted by Crippen LogP contribution is -2.22. The third-order valence-corrected chi connectivity index (χ3v) is 4.83. The SMILES string of the molecule is OCC(O)Cn1cnc2c(N3CCC(c4ccccc4F)C3)ncnc21. The van der Waals surface area contributed by atoms with Crippen LogP contribution in [0.15, 0.2) is 36.9 Å². The highest BCUT2D eigenvalue weighted by Crippen LogP contribution is 2.33. The van der Waals surface area contributed by atoms with Crippen LogP contribution in [0.25, 0.3) is 11.2 Å². The summed E-state index contributed by atoms with van der Waals surface area (Å²) in [5.74, 6) is 0.653. The Bertz CT molecular complexity index is 915. The van der Waals surface area contributed by atoms with E-state index >= 15 is 0 Å². The highest BCUT2D eigenvalue weighted by molar-refractivity contribution is 5.83. The molecule has 0 radical (unpaired) electrons. The molecule has 0 spiro atoms. The molecule has 1 aliphatic heterocycles. The molecule has 1 aromatic carbocycles. The van der Waals surface area contributed by atoms with Crippen molar-refractivity contribution in [1.82, 2.24) is 19.5 Å². The summed E-state index contributed by atoms with van der Waals surface area (Å²) in [6, 6.07) is 6.89. The molecule has 0 amide bonds. The molecule has 0 aliphatic carbocycles. The lowest BCUT2D eigenvalue weighted by molar-refractivity contribution is 0.0820. The summed E-state index contributed by atoms with van der Waals surface area (Å²) in [5.41, 5.74) is 1.99. The first-order chi connectivity index (χ1) is 12.7. The number of fused-ring (bicyclic) bond motifs is 1. The first kappa shape index (κ1) is 16.9. The molecule has 2 unspecified atom stereocenters. The first-order valence-corrected chi connectivity index (χ1v) is 8.61. The lowest BCUT2D eigenvalue weighted by atomic mass is 9.98. The van der Waals surface area contributed by atoms with Gasteiger partial charge >= 0.3 is 0 Å². The molecule has 0 bridgehead atoms. The number of hydrogen-bond acceptors (Lipinski definition) is 6. The molecule has 1 saturated heterocycles. The Kier molecular flexibility index (Phi) is 4.52. The summed E-state index contributed by atoms with van der Waals surface area (Å²) in [6.07, 6.45) is 3.03. The third kappa shape index (κ3) is 3.02. The zero-order valence-corrected chi connectivity index (χ0v) is 14.2. The minimum absolute atomic E-state index is 0.111. The molecule has 1 aliphatic rings. The van der Waals surface area contributed by atoms with E-state index in [9.17, 15) is 9.50 Å². The van der Waals surface area contributed by atoms with Crippen LogP contribution in [0.4, 0.5) is 10.2 Å². The van der Waals surface area contributed by atoms with Gasteiger partial charge in [0.1, 0.15) is 12.1 Å². The van der Waals surface area contributed by atoms with Crippen LogP contribution < -0.4 is 4.90 Å². The van der Waals surface area contributed by atoms with Crippen molar-refractivity contribution in [2.45, 2.75) is 25.0 Å². The molecule has 3 heterocycles. The standard InChI is InChI=1S/C18H20FN5O2/c19-15-4-2-1-3-14(15)12-5-6-23(7-12)17-16-18(21-10-20-17)24(11-22-16)8-13(26)9-25/h1-4,10-13,25-26H,5-9H2. The fraction of sp³-hybridized carbons (Fsp3) is 0.389. The average Bonchev–Trinajstić information content (AvgIpc) is 3.29. The zero-order valence-electron chi connectivity index (χ0n) is 14.2. The van der Waals surface area contributed by atoms with Gasteiger partial charge in [-0.25, -0.2) is 19.3 Å². The number of hydrogen-bond donors (Lipinski definition) is 2. The van der Waals surface area contributed by atoms with E-state index in [2.05, 4.69) is 19.9 Å². The van der Waals surface area contributed by atoms with Gasteiger partial charge in [-0.05, 0) is 18.1 Å². The van der Waals surface area contributed by atoms with Gasteiger partial charge in [0.05, 0.1) is 25.6 Å². The second-order valence-electron chi connectivity index (χ2n) is 6.56. The smallest absolute Gasteiger partial charge is 0.165 e. The number of imidazole rings is 1. The summed E-state index contributed by atoms with van der Waals surface area (Å²) in [5, 5.41) is 18.7. The number of nitrogens with zero attached hydrogens (tertiary/aromatic N) is 5. The molecule has 1 fully saturated rings. The van der Waals surface area contributed by atoms with Crippen molar-refractivity contribution in [3.63, 3.8) is 0 Å². The van der Waals surface area contributed by atoms with Crippen molar-refractivity contribution in [1.29, 1.82) is 0 Å². The maximum Gasteiger partial charge on any atom is 0.165 e. The Morgan fingerprint density at radius 2 is 2.08 bits per heavy atom. The van der Waals surface area contributed by atoms with Gasteiger partial charge in [-0.1, -0.05) is 18.2 Å². The summed E-state index contributed by atoms with van der Waals surface area (Å²) in [7, 11) is 0. The Labute approximate surface area is 149 Å². The molecule has 2 N–H and O–H groups in total. The topological polar surface area (TPSA) is 87.3 Å². The molecule has 26 heavy (non-hydrogen) atoms. The van der Waals surface area contributed by atoms with Crippen molar-refractivity contribution >= 4 is 17.0 Å². The van der Waals surface area contributed by atoms with Crippen LogP contribution in [0.3, 0.4) is 0 Å². The quantitative estimate of drug-likeness (QED) is 0.716. The average molecular weight is 357 g/mol. The van der Waals surface area contributed by atoms with Gasteiger partial charge in [0.2, 0.25) is 0 Å². The second-order valence-corrected chi connectivity index (χ2v) is 6.56. The maximum absolute atomic E-state index is 14.1. The van der Waals surface area contributed by atoms with Crippen molar-refractivity contribution in [2.24, 2.45) is 0 Å². The van der Waals surface area contributed by atoms with Crippen LogP contribution in [-0.4, -0.2) is 55.5 Å². The molecular formula is C18H20FN5O2. The number of aromatic nitrogens is 4. The van der Waals surface area contributed by atoms with Crippen LogP contribution in [0.1, 0.15) is 17.9 Å². The highest BCUT2D eigenvalue weighted by atomic mass is 19.1. The van der Waals surface area contributed by atoms with Crippen molar-refractivity contribution in [2.75, 3.05) is 24.6 Å². The number of aliphatic hydroxyl groups excluding tert-OH is 2. The number of aliphatic hydroxyl groups is 2. The number of anilines is 1. The maximum atomic E-state index is 14.1. The monoisotopic (exact) mass is 357 g/mol. The zero-order chi connectivity index (χ0) is 18.1. The van der Waals surface area contributed by atoms with E-state index in [4.69, 9.17) is 5.11 Å². The van der Waals surface area contributed by atoms with E-state index in [0.717, 1.165) is 18.5 Å². The first-order valence-electron chi connectivity index (χ1n) is 8.61. The van der Waals surface area contributed by atoms with E-state index in [-0.39, 0.29) is 24.9 Å². The number of benzene rings is 1. The van der Waals surface area contributed by atoms with Crippen LogP contribution in [0.2, 0.25) is 0 Å². The molecule has 2 aromatic heterocycles. The lowest BCUT2D eigenvalue weighted by Gasteiger charge is -2.18. The molecular weight excluding hydrogens is 337 g/mol. The summed E-state index contributed by atoms with van der Waals surface area (Å²) in [6.45, 7) is 1.31. The summed E-state index contributed by atoms with van der Waals surface area (Å²) >= 11 is 0. The van der Waals surface area contributed by atoms with Gasteiger partial charge in [-0.3, -0.25) is 0 Å². The second kappa shape index (κ2) is 6.97. The van der Waals surface area contributed by atoms with Gasteiger partial charge in [-0.15, -0.1) is 0 Å². The molecule has 3 aromatic rings. The minimum atomic E-state index is -0.872. The predicted octanol–water partition coefficient (Wildman–Crippen LogP) is 1.31. The van der Waals surface area contributed by atoms with Gasteiger partial charge in [0, 0.05) is 19.0 Å². The Morgan fingerprint density at radius 3 is 2.88 bits per heavy atom. The van der Waals surface area contributed by atoms with Gasteiger partial charge < -0.3 is 19.7 Å². The van der Waals surface area contributed by atoms with Crippen LogP contribution in [0, 0.1) is 5.82 Å². The summed E-state index contributed by atoms with van der Waals surface area (Å²) in [4.78, 5) is 15.1. The largest absolute Gasteiger partial charge is 0.394 e. The van der Waals surface area contributed by atoms with Crippen LogP contribution in [-0.2, 0) is 6.54 Å². The molecule has 136 valence electrons. The Morgan fingerprint density at radius 1 is 1.23 bits per heavy atom. The Hall–Kier alpha value is -2.58. The van der Waals surface area contributed by atoms with E-state index in [1.807, 2.05) is 12.1 Å².